The van der Waals surface area contributed by atoms with Crippen molar-refractivity contribution in [2.75, 3.05) is 6.54 Å². The Hall–Kier alpha value is -0.800. The van der Waals surface area contributed by atoms with E-state index >= 15 is 0 Å². The monoisotopic (exact) mass is 250 g/mol. The Bertz CT molecular complexity index is 349. The highest BCUT2D eigenvalue weighted by molar-refractivity contribution is 5.09. The summed E-state index contributed by atoms with van der Waals surface area (Å²) < 4.78 is 5.63. The predicted molar refractivity (Wildman–Crippen MR) is 74.3 cm³/mol. The van der Waals surface area contributed by atoms with Crippen molar-refractivity contribution in [1.29, 1.82) is 0 Å². The Labute approximate surface area is 110 Å². The standard InChI is InChI=1S/C15H26N2O/c1-4-13(16)15(14-8-6-10-18-14)17-9-5-7-11(2)12(17)3/h6,8,10-13,15H,4-5,7,9,16H2,1-3H3. The minimum atomic E-state index is 0.142. The molecule has 102 valence electrons. The van der Waals surface area contributed by atoms with Gasteiger partial charge in [-0.15, -0.1) is 0 Å². The topological polar surface area (TPSA) is 42.4 Å². The third-order valence-electron chi connectivity index (χ3n) is 4.49. The van der Waals surface area contributed by atoms with Gasteiger partial charge in [0, 0.05) is 12.1 Å². The second kappa shape index (κ2) is 5.89. The van der Waals surface area contributed by atoms with Crippen LogP contribution in [0.25, 0.3) is 0 Å². The highest BCUT2D eigenvalue weighted by Gasteiger charge is 2.35. The molecule has 3 nitrogen and oxygen atoms in total. The van der Waals surface area contributed by atoms with Crippen molar-refractivity contribution in [3.05, 3.63) is 24.2 Å². The highest BCUT2D eigenvalue weighted by Crippen LogP contribution is 2.33. The van der Waals surface area contributed by atoms with E-state index in [-0.39, 0.29) is 12.1 Å². The lowest BCUT2D eigenvalue weighted by Gasteiger charge is -2.44. The van der Waals surface area contributed by atoms with Gasteiger partial charge in [0.1, 0.15) is 5.76 Å². The summed E-state index contributed by atoms with van der Waals surface area (Å²) in [5.74, 6) is 1.76. The fraction of sp³-hybridized carbons (Fsp3) is 0.733. The van der Waals surface area contributed by atoms with Gasteiger partial charge in [-0.2, -0.15) is 0 Å². The fourth-order valence-corrected chi connectivity index (χ4v) is 3.06. The van der Waals surface area contributed by atoms with E-state index < -0.39 is 0 Å². The van der Waals surface area contributed by atoms with Gasteiger partial charge in [-0.3, -0.25) is 4.90 Å². The van der Waals surface area contributed by atoms with Gasteiger partial charge in [0.2, 0.25) is 0 Å². The van der Waals surface area contributed by atoms with E-state index in [1.807, 2.05) is 6.07 Å². The number of hydrogen-bond donors (Lipinski definition) is 1. The normalized spacial score (nSPS) is 29.1. The van der Waals surface area contributed by atoms with E-state index in [9.17, 15) is 0 Å². The molecule has 0 radical (unpaired) electrons. The van der Waals surface area contributed by atoms with Crippen LogP contribution in [0, 0.1) is 5.92 Å². The number of furan rings is 1. The molecule has 1 fully saturated rings. The van der Waals surface area contributed by atoms with Gasteiger partial charge in [-0.1, -0.05) is 13.8 Å². The van der Waals surface area contributed by atoms with Crippen molar-refractivity contribution >= 4 is 0 Å². The van der Waals surface area contributed by atoms with E-state index in [0.29, 0.717) is 6.04 Å². The van der Waals surface area contributed by atoms with Gasteiger partial charge in [-0.05, 0) is 50.8 Å². The van der Waals surface area contributed by atoms with Crippen molar-refractivity contribution in [3.63, 3.8) is 0 Å². The third-order valence-corrected chi connectivity index (χ3v) is 4.49. The number of nitrogens with two attached hydrogens (primary N) is 1. The molecule has 0 aliphatic carbocycles. The summed E-state index contributed by atoms with van der Waals surface area (Å²) >= 11 is 0. The molecule has 1 aliphatic rings. The molecular formula is C15H26N2O. The number of likely N-dealkylation sites (tertiary alicyclic amines) is 1. The second-order valence-corrected chi connectivity index (χ2v) is 5.63. The maximum Gasteiger partial charge on any atom is 0.122 e. The summed E-state index contributed by atoms with van der Waals surface area (Å²) in [7, 11) is 0. The van der Waals surface area contributed by atoms with Gasteiger partial charge in [0.05, 0.1) is 12.3 Å². The molecule has 4 unspecified atom stereocenters. The molecule has 2 N–H and O–H groups in total. The van der Waals surface area contributed by atoms with E-state index in [1.165, 1.54) is 12.8 Å². The number of nitrogens with zero attached hydrogens (tertiary/aromatic N) is 1. The van der Waals surface area contributed by atoms with Crippen LogP contribution >= 0.6 is 0 Å². The van der Waals surface area contributed by atoms with Crippen LogP contribution in [0.4, 0.5) is 0 Å². The maximum atomic E-state index is 6.35. The van der Waals surface area contributed by atoms with Crippen LogP contribution in [0.2, 0.25) is 0 Å². The summed E-state index contributed by atoms with van der Waals surface area (Å²) in [5.41, 5.74) is 6.35. The Balaban J connectivity index is 2.23. The van der Waals surface area contributed by atoms with Crippen molar-refractivity contribution < 1.29 is 4.42 Å². The van der Waals surface area contributed by atoms with Crippen molar-refractivity contribution in [2.45, 2.75) is 58.2 Å². The number of piperidine rings is 1. The highest BCUT2D eigenvalue weighted by atomic mass is 16.3. The quantitative estimate of drug-likeness (QED) is 0.892. The molecular weight excluding hydrogens is 224 g/mol. The van der Waals surface area contributed by atoms with E-state index in [0.717, 1.165) is 24.6 Å². The van der Waals surface area contributed by atoms with Gasteiger partial charge >= 0.3 is 0 Å². The molecule has 2 rings (SSSR count). The first-order valence-corrected chi connectivity index (χ1v) is 7.19. The number of rotatable bonds is 4. The first-order chi connectivity index (χ1) is 8.65. The van der Waals surface area contributed by atoms with Crippen LogP contribution < -0.4 is 5.73 Å². The maximum absolute atomic E-state index is 6.35. The van der Waals surface area contributed by atoms with Crippen LogP contribution in [0.15, 0.2) is 22.8 Å². The average Bonchev–Trinajstić information content (AvgIpc) is 2.88. The first kappa shape index (κ1) is 13.6. The minimum Gasteiger partial charge on any atom is -0.468 e. The zero-order valence-electron chi connectivity index (χ0n) is 11.8. The van der Waals surface area contributed by atoms with Crippen molar-refractivity contribution in [1.82, 2.24) is 4.90 Å². The average molecular weight is 250 g/mol. The molecule has 2 heterocycles. The van der Waals surface area contributed by atoms with Crippen LogP contribution in [0.1, 0.15) is 51.8 Å². The summed E-state index contributed by atoms with van der Waals surface area (Å²) in [6.45, 7) is 7.94. The largest absolute Gasteiger partial charge is 0.468 e. The Kier molecular flexibility index (Phi) is 4.46. The Morgan fingerprint density at radius 2 is 2.28 bits per heavy atom. The lowest BCUT2D eigenvalue weighted by atomic mass is 9.88. The molecule has 1 aromatic heterocycles. The molecule has 3 heteroatoms. The molecule has 0 spiro atoms. The van der Waals surface area contributed by atoms with Crippen LogP contribution in [-0.4, -0.2) is 23.5 Å². The second-order valence-electron chi connectivity index (χ2n) is 5.63. The van der Waals surface area contributed by atoms with Crippen LogP contribution in [0.3, 0.4) is 0 Å². The minimum absolute atomic E-state index is 0.142. The van der Waals surface area contributed by atoms with Gasteiger partial charge in [0.15, 0.2) is 0 Å². The lowest BCUT2D eigenvalue weighted by Crippen LogP contribution is -2.49. The zero-order valence-corrected chi connectivity index (χ0v) is 11.8. The summed E-state index contributed by atoms with van der Waals surface area (Å²) in [4.78, 5) is 2.54. The van der Waals surface area contributed by atoms with Gasteiger partial charge < -0.3 is 10.2 Å². The van der Waals surface area contributed by atoms with Gasteiger partial charge in [0.25, 0.3) is 0 Å². The van der Waals surface area contributed by atoms with Crippen LogP contribution in [-0.2, 0) is 0 Å². The summed E-state index contributed by atoms with van der Waals surface area (Å²) in [6.07, 6.45) is 5.31. The molecule has 1 saturated heterocycles. The molecule has 1 aliphatic heterocycles. The Morgan fingerprint density at radius 3 is 2.89 bits per heavy atom. The van der Waals surface area contributed by atoms with Crippen molar-refractivity contribution in [2.24, 2.45) is 11.7 Å². The predicted octanol–water partition coefficient (Wildman–Crippen LogP) is 3.18. The molecule has 0 saturated carbocycles. The first-order valence-electron chi connectivity index (χ1n) is 7.19. The van der Waals surface area contributed by atoms with Crippen LogP contribution in [0.5, 0.6) is 0 Å². The van der Waals surface area contributed by atoms with E-state index in [1.54, 1.807) is 6.26 Å². The SMILES string of the molecule is CCC(N)C(c1ccco1)N1CCCC(C)C1C. The molecule has 4 atom stereocenters. The lowest BCUT2D eigenvalue weighted by molar-refractivity contribution is 0.0445. The molecule has 0 bridgehead atoms. The molecule has 0 aromatic carbocycles. The third kappa shape index (κ3) is 2.62. The fourth-order valence-electron chi connectivity index (χ4n) is 3.06. The summed E-state index contributed by atoms with van der Waals surface area (Å²) in [6, 6.07) is 4.97. The Morgan fingerprint density at radius 1 is 1.50 bits per heavy atom. The molecule has 0 amide bonds. The van der Waals surface area contributed by atoms with E-state index in [2.05, 4.69) is 31.7 Å². The molecule has 1 aromatic rings. The van der Waals surface area contributed by atoms with E-state index in [4.69, 9.17) is 10.2 Å². The summed E-state index contributed by atoms with van der Waals surface area (Å²) in [5, 5.41) is 0. The smallest absolute Gasteiger partial charge is 0.122 e. The van der Waals surface area contributed by atoms with Crippen molar-refractivity contribution in [3.8, 4) is 0 Å². The number of hydrogen-bond acceptors (Lipinski definition) is 3. The molecule has 18 heavy (non-hydrogen) atoms. The zero-order chi connectivity index (χ0) is 13.1. The van der Waals surface area contributed by atoms with Gasteiger partial charge in [-0.25, -0.2) is 0 Å².